The van der Waals surface area contributed by atoms with Crippen molar-refractivity contribution in [2.24, 2.45) is 47.2 Å². The van der Waals surface area contributed by atoms with Crippen molar-refractivity contribution in [2.45, 2.75) is 92.6 Å². The second-order valence-electron chi connectivity index (χ2n) is 11.9. The summed E-state index contributed by atoms with van der Waals surface area (Å²) in [4.78, 5) is 23.1. The first kappa shape index (κ1) is 35.4. The second kappa shape index (κ2) is 17.2. The zero-order valence-electron chi connectivity index (χ0n) is 25.7. The Morgan fingerprint density at radius 3 is 2.33 bits per heavy atom. The molecule has 1 aliphatic rings. The van der Waals surface area contributed by atoms with E-state index >= 15 is 0 Å². The van der Waals surface area contributed by atoms with Crippen LogP contribution in [0.3, 0.4) is 0 Å². The highest BCUT2D eigenvalue weighted by molar-refractivity contribution is 5.82. The van der Waals surface area contributed by atoms with Crippen LogP contribution in [-0.2, 0) is 14.3 Å². The van der Waals surface area contributed by atoms with Crippen LogP contribution in [0.2, 0.25) is 0 Å². The Kier molecular flexibility index (Phi) is 15.2. The summed E-state index contributed by atoms with van der Waals surface area (Å²) in [6.07, 6.45) is 12.7. The van der Waals surface area contributed by atoms with Crippen molar-refractivity contribution in [1.29, 1.82) is 0 Å². The van der Waals surface area contributed by atoms with E-state index in [0.717, 1.165) is 0 Å². The van der Waals surface area contributed by atoms with E-state index in [-0.39, 0.29) is 47.6 Å². The molecule has 7 heteroatoms. The number of esters is 1. The number of carbonyl (C=O) groups is 2. The summed E-state index contributed by atoms with van der Waals surface area (Å²) < 4.78 is 10.7. The summed E-state index contributed by atoms with van der Waals surface area (Å²) >= 11 is 0. The van der Waals surface area contributed by atoms with E-state index in [1.165, 1.54) is 11.6 Å². The number of allylic oxidation sites excluding steroid dienone is 5. The van der Waals surface area contributed by atoms with Gasteiger partial charge in [0.25, 0.3) is 0 Å². The van der Waals surface area contributed by atoms with Crippen LogP contribution in [-0.4, -0.2) is 46.7 Å². The number of cyclic esters (lactones) is 1. The fraction of sp³-hybridized carbons (Fsp3) is 0.636. The SMILES string of the molecule is C=C/C=C\[C@H](C)[C@H](OC(N)=O)[C@@H](C)[C@H](O)[C@@H](C)C/C(C)=C\[C@H](C)C(C)[C@@H](C)/C=C\[C@@H](O)C[C@@H]1OC(=O)C=C[C@H]1C. The maximum Gasteiger partial charge on any atom is 0.404 e. The molecule has 1 unspecified atom stereocenters. The van der Waals surface area contributed by atoms with Gasteiger partial charge in [0.15, 0.2) is 0 Å². The molecule has 0 aliphatic carbocycles. The number of primary amides is 1. The number of hydrogen-bond donors (Lipinski definition) is 3. The highest BCUT2D eigenvalue weighted by atomic mass is 16.6. The van der Waals surface area contributed by atoms with Crippen LogP contribution < -0.4 is 5.73 Å². The summed E-state index contributed by atoms with van der Waals surface area (Å²) in [5, 5.41) is 21.6. The normalized spacial score (nSPS) is 24.9. The van der Waals surface area contributed by atoms with Crippen molar-refractivity contribution < 1.29 is 29.3 Å². The molecule has 0 bridgehead atoms. The Bertz CT molecular complexity index is 937. The van der Waals surface area contributed by atoms with Crippen molar-refractivity contribution >= 4 is 12.1 Å². The fourth-order valence-electron chi connectivity index (χ4n) is 5.39. The summed E-state index contributed by atoms with van der Waals surface area (Å²) in [5.41, 5.74) is 6.50. The van der Waals surface area contributed by atoms with E-state index in [2.05, 4.69) is 40.3 Å². The molecule has 1 heterocycles. The first-order valence-electron chi connectivity index (χ1n) is 14.5. The molecule has 226 valence electrons. The van der Waals surface area contributed by atoms with E-state index in [9.17, 15) is 19.8 Å². The van der Waals surface area contributed by atoms with Gasteiger partial charge in [0.2, 0.25) is 0 Å². The average molecular weight is 560 g/mol. The van der Waals surface area contributed by atoms with Gasteiger partial charge in [-0.25, -0.2) is 9.59 Å². The number of rotatable bonds is 16. The van der Waals surface area contributed by atoms with Crippen LogP contribution in [0.25, 0.3) is 0 Å². The molecule has 40 heavy (non-hydrogen) atoms. The molecule has 0 aromatic carbocycles. The van der Waals surface area contributed by atoms with Crippen LogP contribution in [0.15, 0.2) is 60.8 Å². The third-order valence-corrected chi connectivity index (χ3v) is 8.31. The van der Waals surface area contributed by atoms with Gasteiger partial charge < -0.3 is 25.4 Å². The van der Waals surface area contributed by atoms with Crippen LogP contribution in [0, 0.1) is 41.4 Å². The zero-order valence-corrected chi connectivity index (χ0v) is 25.7. The molecular weight excluding hydrogens is 506 g/mol. The van der Waals surface area contributed by atoms with Gasteiger partial charge in [-0.3, -0.25) is 0 Å². The van der Waals surface area contributed by atoms with Crippen LogP contribution >= 0.6 is 0 Å². The molecule has 0 aromatic heterocycles. The molecular formula is C33H53NO6. The Hall–Kier alpha value is -2.64. The van der Waals surface area contributed by atoms with Gasteiger partial charge in [-0.1, -0.05) is 103 Å². The molecule has 7 nitrogen and oxygen atoms in total. The lowest BCUT2D eigenvalue weighted by molar-refractivity contribution is -0.147. The minimum Gasteiger partial charge on any atom is -0.458 e. The monoisotopic (exact) mass is 559 g/mol. The lowest BCUT2D eigenvalue weighted by atomic mass is 9.80. The van der Waals surface area contributed by atoms with Crippen LogP contribution in [0.5, 0.6) is 0 Å². The van der Waals surface area contributed by atoms with Gasteiger partial charge in [-0.15, -0.1) is 0 Å². The van der Waals surface area contributed by atoms with E-state index in [1.807, 2.05) is 45.9 Å². The van der Waals surface area contributed by atoms with Gasteiger partial charge in [0, 0.05) is 30.3 Å². The lowest BCUT2D eigenvalue weighted by Crippen LogP contribution is -2.41. The highest BCUT2D eigenvalue weighted by Gasteiger charge is 2.33. The lowest BCUT2D eigenvalue weighted by Gasteiger charge is -2.33. The number of ether oxygens (including phenoxy) is 2. The molecule has 11 atom stereocenters. The molecule has 0 fully saturated rings. The molecule has 0 radical (unpaired) electrons. The quantitative estimate of drug-likeness (QED) is 0.119. The largest absolute Gasteiger partial charge is 0.458 e. The summed E-state index contributed by atoms with van der Waals surface area (Å²) in [6, 6.07) is 0. The molecule has 1 amide bonds. The van der Waals surface area contributed by atoms with E-state index in [1.54, 1.807) is 18.2 Å². The predicted octanol–water partition coefficient (Wildman–Crippen LogP) is 6.13. The molecule has 1 aliphatic heterocycles. The smallest absolute Gasteiger partial charge is 0.404 e. The average Bonchev–Trinajstić information content (AvgIpc) is 2.89. The van der Waals surface area contributed by atoms with Crippen molar-refractivity contribution in [3.63, 3.8) is 0 Å². The number of aliphatic hydroxyl groups excluding tert-OH is 2. The van der Waals surface area contributed by atoms with Crippen LogP contribution in [0.1, 0.15) is 68.2 Å². The number of carbonyl (C=O) groups excluding carboxylic acids is 2. The van der Waals surface area contributed by atoms with Gasteiger partial charge in [-0.2, -0.15) is 0 Å². The molecule has 4 N–H and O–H groups in total. The Morgan fingerprint density at radius 2 is 1.73 bits per heavy atom. The van der Waals surface area contributed by atoms with Crippen LogP contribution in [0.4, 0.5) is 4.79 Å². The first-order chi connectivity index (χ1) is 18.7. The number of nitrogens with two attached hydrogens (primary N) is 1. The maximum atomic E-state index is 11.5. The number of amides is 1. The predicted molar refractivity (Wildman–Crippen MR) is 161 cm³/mol. The molecule has 0 aromatic rings. The zero-order chi connectivity index (χ0) is 30.6. The molecule has 0 spiro atoms. The Labute approximate surface area is 241 Å². The van der Waals surface area contributed by atoms with Crippen molar-refractivity contribution in [3.8, 4) is 0 Å². The molecule has 1 rings (SSSR count). The Balaban J connectivity index is 2.74. The molecule has 0 saturated carbocycles. The third kappa shape index (κ3) is 11.8. The minimum absolute atomic E-state index is 0.0538. The van der Waals surface area contributed by atoms with E-state index in [0.29, 0.717) is 18.8 Å². The summed E-state index contributed by atoms with van der Waals surface area (Å²) in [7, 11) is 0. The highest BCUT2D eigenvalue weighted by Crippen LogP contribution is 2.30. The summed E-state index contributed by atoms with van der Waals surface area (Å²) in [6.45, 7) is 20.0. The topological polar surface area (TPSA) is 119 Å². The van der Waals surface area contributed by atoms with E-state index in [4.69, 9.17) is 15.2 Å². The van der Waals surface area contributed by atoms with Gasteiger partial charge in [0.05, 0.1) is 12.2 Å². The maximum absolute atomic E-state index is 11.5. The summed E-state index contributed by atoms with van der Waals surface area (Å²) in [5.74, 6) is 0.0305. The van der Waals surface area contributed by atoms with Gasteiger partial charge in [-0.05, 0) is 37.0 Å². The first-order valence-corrected chi connectivity index (χ1v) is 14.5. The number of hydrogen-bond acceptors (Lipinski definition) is 6. The van der Waals surface area contributed by atoms with Crippen molar-refractivity contribution in [3.05, 3.63) is 60.8 Å². The van der Waals surface area contributed by atoms with Gasteiger partial charge in [0.1, 0.15) is 12.2 Å². The standard InChI is InChI=1S/C33H53NO6/c1-10-11-12-23(5)32(40-33(34)38)27(9)31(37)25(7)18-20(2)17-24(6)26(8)21(3)13-15-28(35)19-29-22(4)14-16-30(36)39-29/h10-17,21-29,31-32,35,37H,1,18-19H2,2-9H3,(H2,34,38)/b12-11-,15-13-,20-17-/t21-,22+,23-,24-,25-,26?,27-,28+,29-,31+,32-/m0/s1. The van der Waals surface area contributed by atoms with Crippen molar-refractivity contribution in [1.82, 2.24) is 0 Å². The second-order valence-corrected chi connectivity index (χ2v) is 11.9. The number of aliphatic hydroxyl groups is 2. The third-order valence-electron chi connectivity index (χ3n) is 8.31. The Morgan fingerprint density at radius 1 is 1.07 bits per heavy atom. The van der Waals surface area contributed by atoms with E-state index < -0.39 is 24.4 Å². The van der Waals surface area contributed by atoms with Crippen molar-refractivity contribution in [2.75, 3.05) is 0 Å². The fourth-order valence-corrected chi connectivity index (χ4v) is 5.39. The minimum atomic E-state index is -0.853. The molecule has 0 saturated heterocycles. The van der Waals surface area contributed by atoms with Gasteiger partial charge >= 0.3 is 12.1 Å².